The number of ether oxygens (including phenoxy) is 2. The van der Waals surface area contributed by atoms with Crippen LogP contribution in [-0.4, -0.2) is 25.2 Å². The SMILES string of the molecule is CCC(CC)(C(=O)OCC(C)(C)C)C(C(=O)OCC(C)(C)C)C(C)C. The number of carbonyl (C=O) groups excluding carboxylic acids is 2. The van der Waals surface area contributed by atoms with Gasteiger partial charge in [0.1, 0.15) is 0 Å². The summed E-state index contributed by atoms with van der Waals surface area (Å²) in [6, 6.07) is 0. The summed E-state index contributed by atoms with van der Waals surface area (Å²) in [7, 11) is 0. The number of rotatable bonds is 8. The largest absolute Gasteiger partial charge is 0.465 e. The first-order valence-corrected chi connectivity index (χ1v) is 9.54. The van der Waals surface area contributed by atoms with E-state index in [9.17, 15) is 9.59 Å². The topological polar surface area (TPSA) is 52.6 Å². The molecular formula is C21H40O4. The van der Waals surface area contributed by atoms with Gasteiger partial charge in [-0.15, -0.1) is 0 Å². The van der Waals surface area contributed by atoms with Crippen molar-refractivity contribution < 1.29 is 19.1 Å². The van der Waals surface area contributed by atoms with Gasteiger partial charge in [0.2, 0.25) is 0 Å². The van der Waals surface area contributed by atoms with Crippen molar-refractivity contribution in [2.45, 2.75) is 82.1 Å². The molecule has 0 bridgehead atoms. The summed E-state index contributed by atoms with van der Waals surface area (Å²) in [4.78, 5) is 25.9. The molecule has 0 N–H and O–H groups in total. The van der Waals surface area contributed by atoms with E-state index in [1.165, 1.54) is 0 Å². The van der Waals surface area contributed by atoms with E-state index in [0.717, 1.165) is 0 Å². The van der Waals surface area contributed by atoms with Crippen molar-refractivity contribution in [2.75, 3.05) is 13.2 Å². The molecule has 0 rings (SSSR count). The van der Waals surface area contributed by atoms with Crippen LogP contribution in [0.5, 0.6) is 0 Å². The minimum absolute atomic E-state index is 0.00504. The Morgan fingerprint density at radius 3 is 1.52 bits per heavy atom. The van der Waals surface area contributed by atoms with Gasteiger partial charge in [0, 0.05) is 0 Å². The summed E-state index contributed by atoms with van der Waals surface area (Å²) in [6.07, 6.45) is 1.11. The molecule has 0 spiro atoms. The minimum atomic E-state index is -0.839. The zero-order valence-electron chi connectivity index (χ0n) is 18.1. The third kappa shape index (κ3) is 7.37. The molecule has 0 heterocycles. The van der Waals surface area contributed by atoms with E-state index in [-0.39, 0.29) is 28.7 Å². The van der Waals surface area contributed by atoms with Crippen molar-refractivity contribution in [2.24, 2.45) is 28.1 Å². The highest BCUT2D eigenvalue weighted by atomic mass is 16.5. The molecule has 0 aliphatic rings. The van der Waals surface area contributed by atoms with Gasteiger partial charge >= 0.3 is 11.9 Å². The van der Waals surface area contributed by atoms with Crippen LogP contribution >= 0.6 is 0 Å². The summed E-state index contributed by atoms with van der Waals surface area (Å²) < 4.78 is 11.2. The normalized spacial score (nSPS) is 14.4. The van der Waals surface area contributed by atoms with Gasteiger partial charge in [0.15, 0.2) is 0 Å². The lowest BCUT2D eigenvalue weighted by Crippen LogP contribution is -2.47. The highest BCUT2D eigenvalue weighted by Crippen LogP contribution is 2.42. The van der Waals surface area contributed by atoms with Crippen LogP contribution in [0.1, 0.15) is 82.1 Å². The van der Waals surface area contributed by atoms with E-state index in [1.807, 2.05) is 69.2 Å². The first kappa shape index (κ1) is 23.9. The highest BCUT2D eigenvalue weighted by molar-refractivity contribution is 5.85. The van der Waals surface area contributed by atoms with Crippen molar-refractivity contribution in [3.8, 4) is 0 Å². The first-order chi connectivity index (χ1) is 11.2. The average Bonchev–Trinajstić information content (AvgIpc) is 2.46. The number of hydrogen-bond acceptors (Lipinski definition) is 4. The van der Waals surface area contributed by atoms with Gasteiger partial charge in [-0.05, 0) is 29.6 Å². The Bertz CT molecular complexity index is 434. The third-order valence-corrected chi connectivity index (χ3v) is 4.47. The summed E-state index contributed by atoms with van der Waals surface area (Å²) in [5.74, 6) is -1.08. The fourth-order valence-electron chi connectivity index (χ4n) is 3.04. The standard InChI is InChI=1S/C21H40O4/c1-11-21(12-2,18(23)25-14-20(8,9)10)16(15(3)4)17(22)24-13-19(5,6)7/h15-16H,11-14H2,1-10H3. The molecule has 1 atom stereocenters. The molecule has 1 unspecified atom stereocenters. The molecule has 4 heteroatoms. The monoisotopic (exact) mass is 356 g/mol. The second-order valence-corrected chi connectivity index (χ2v) is 9.89. The van der Waals surface area contributed by atoms with Crippen molar-refractivity contribution in [1.82, 2.24) is 0 Å². The van der Waals surface area contributed by atoms with E-state index >= 15 is 0 Å². The second-order valence-electron chi connectivity index (χ2n) is 9.89. The van der Waals surface area contributed by atoms with Gasteiger partial charge in [0.05, 0.1) is 24.5 Å². The summed E-state index contributed by atoms with van der Waals surface area (Å²) in [6.45, 7) is 20.7. The van der Waals surface area contributed by atoms with Gasteiger partial charge in [-0.25, -0.2) is 0 Å². The lowest BCUT2D eigenvalue weighted by atomic mass is 9.66. The molecule has 0 aliphatic heterocycles. The van der Waals surface area contributed by atoms with Crippen LogP contribution in [0, 0.1) is 28.1 Å². The minimum Gasteiger partial charge on any atom is -0.465 e. The molecule has 0 aromatic heterocycles. The lowest BCUT2D eigenvalue weighted by molar-refractivity contribution is -0.176. The molecule has 148 valence electrons. The lowest BCUT2D eigenvalue weighted by Gasteiger charge is -2.39. The molecule has 0 amide bonds. The number of esters is 2. The Kier molecular flexibility index (Phi) is 8.66. The van der Waals surface area contributed by atoms with Crippen LogP contribution in [0.25, 0.3) is 0 Å². The third-order valence-electron chi connectivity index (χ3n) is 4.47. The highest BCUT2D eigenvalue weighted by Gasteiger charge is 2.50. The Morgan fingerprint density at radius 1 is 0.800 bits per heavy atom. The molecule has 0 saturated heterocycles. The Labute approximate surface area is 155 Å². The maximum atomic E-state index is 13.0. The van der Waals surface area contributed by atoms with Crippen LogP contribution < -0.4 is 0 Å². The van der Waals surface area contributed by atoms with Crippen LogP contribution in [-0.2, 0) is 19.1 Å². The Morgan fingerprint density at radius 2 is 1.20 bits per heavy atom. The van der Waals surface area contributed by atoms with Gasteiger partial charge in [-0.2, -0.15) is 0 Å². The van der Waals surface area contributed by atoms with Gasteiger partial charge in [-0.3, -0.25) is 9.59 Å². The van der Waals surface area contributed by atoms with E-state index in [1.54, 1.807) is 0 Å². The van der Waals surface area contributed by atoms with Gasteiger partial charge in [0.25, 0.3) is 0 Å². The zero-order valence-corrected chi connectivity index (χ0v) is 18.1. The van der Waals surface area contributed by atoms with E-state index < -0.39 is 11.3 Å². The van der Waals surface area contributed by atoms with E-state index in [2.05, 4.69) is 0 Å². The predicted molar refractivity (Wildman–Crippen MR) is 102 cm³/mol. The van der Waals surface area contributed by atoms with Crippen molar-refractivity contribution >= 4 is 11.9 Å². The Hall–Kier alpha value is -1.06. The van der Waals surface area contributed by atoms with Crippen LogP contribution in [0.15, 0.2) is 0 Å². The van der Waals surface area contributed by atoms with Crippen molar-refractivity contribution in [3.05, 3.63) is 0 Å². The predicted octanol–water partition coefficient (Wildman–Crippen LogP) is 5.24. The van der Waals surface area contributed by atoms with Crippen LogP contribution in [0.4, 0.5) is 0 Å². The maximum Gasteiger partial charge on any atom is 0.312 e. The number of carbonyl (C=O) groups is 2. The van der Waals surface area contributed by atoms with Gasteiger partial charge < -0.3 is 9.47 Å². The first-order valence-electron chi connectivity index (χ1n) is 9.54. The molecule has 4 nitrogen and oxygen atoms in total. The maximum absolute atomic E-state index is 13.0. The molecule has 0 aliphatic carbocycles. The molecular weight excluding hydrogens is 316 g/mol. The molecule has 0 saturated carbocycles. The van der Waals surface area contributed by atoms with Crippen molar-refractivity contribution in [1.29, 1.82) is 0 Å². The molecule has 0 aromatic rings. The smallest absolute Gasteiger partial charge is 0.312 e. The quantitative estimate of drug-likeness (QED) is 0.558. The fourth-order valence-corrected chi connectivity index (χ4v) is 3.04. The zero-order chi connectivity index (χ0) is 20.1. The van der Waals surface area contributed by atoms with E-state index in [0.29, 0.717) is 26.1 Å². The summed E-state index contributed by atoms with van der Waals surface area (Å²) >= 11 is 0. The van der Waals surface area contributed by atoms with E-state index in [4.69, 9.17) is 9.47 Å². The second kappa shape index (κ2) is 9.05. The van der Waals surface area contributed by atoms with Crippen molar-refractivity contribution in [3.63, 3.8) is 0 Å². The molecule has 0 aromatic carbocycles. The summed E-state index contributed by atoms with van der Waals surface area (Å²) in [5.41, 5.74) is -1.05. The Balaban J connectivity index is 5.56. The molecule has 0 fully saturated rings. The van der Waals surface area contributed by atoms with Gasteiger partial charge in [-0.1, -0.05) is 69.2 Å². The number of hydrogen-bond donors (Lipinski definition) is 0. The van der Waals surface area contributed by atoms with Crippen LogP contribution in [0.2, 0.25) is 0 Å². The average molecular weight is 357 g/mol. The fraction of sp³-hybridized carbons (Fsp3) is 0.905. The van der Waals surface area contributed by atoms with Crippen LogP contribution in [0.3, 0.4) is 0 Å². The molecule has 25 heavy (non-hydrogen) atoms. The summed E-state index contributed by atoms with van der Waals surface area (Å²) in [5, 5.41) is 0. The molecule has 0 radical (unpaired) electrons.